The van der Waals surface area contributed by atoms with Crippen molar-refractivity contribution >= 4 is 5.91 Å². The number of rotatable bonds is 2. The van der Waals surface area contributed by atoms with E-state index >= 15 is 0 Å². The zero-order valence-corrected chi connectivity index (χ0v) is 7.26. The molecule has 0 aliphatic carbocycles. The predicted octanol–water partition coefficient (Wildman–Crippen LogP) is 0.217. The summed E-state index contributed by atoms with van der Waals surface area (Å²) in [7, 11) is 0. The molecule has 1 N–H and O–H groups in total. The Bertz CT molecular complexity index is 147. The lowest BCUT2D eigenvalue weighted by Crippen LogP contribution is -2.51. The van der Waals surface area contributed by atoms with Gasteiger partial charge in [0.2, 0.25) is 5.91 Å². The smallest absolute Gasteiger partial charge is 0.236 e. The summed E-state index contributed by atoms with van der Waals surface area (Å²) in [5.74, 6) is 0.241. The molecule has 0 aromatic rings. The van der Waals surface area contributed by atoms with Gasteiger partial charge in [-0.25, -0.2) is 0 Å². The number of carbonyl (C=O) groups excluding carboxylic acids is 1. The van der Waals surface area contributed by atoms with Crippen LogP contribution in [-0.2, 0) is 4.79 Å². The molecule has 1 atom stereocenters. The van der Waals surface area contributed by atoms with Crippen molar-refractivity contribution in [3.63, 3.8) is 0 Å². The van der Waals surface area contributed by atoms with E-state index in [-0.39, 0.29) is 5.91 Å². The van der Waals surface area contributed by atoms with Crippen LogP contribution < -0.4 is 5.32 Å². The average Bonchev–Trinajstić information content (AvgIpc) is 2.04. The molecule has 1 amide bonds. The van der Waals surface area contributed by atoms with Crippen LogP contribution in [0.5, 0.6) is 0 Å². The minimum Gasteiger partial charge on any atom is -0.338 e. The second kappa shape index (κ2) is 3.72. The topological polar surface area (TPSA) is 32.3 Å². The van der Waals surface area contributed by atoms with Gasteiger partial charge >= 0.3 is 0 Å². The van der Waals surface area contributed by atoms with E-state index in [0.29, 0.717) is 12.6 Å². The van der Waals surface area contributed by atoms with Crippen molar-refractivity contribution in [1.29, 1.82) is 0 Å². The van der Waals surface area contributed by atoms with Gasteiger partial charge in [0.1, 0.15) is 0 Å². The molecule has 0 saturated carbocycles. The number of hydrogen-bond acceptors (Lipinski definition) is 2. The Labute approximate surface area is 67.8 Å². The van der Waals surface area contributed by atoms with Crippen LogP contribution in [0.1, 0.15) is 20.3 Å². The first-order valence-electron chi connectivity index (χ1n) is 4.26. The molecule has 1 aliphatic rings. The third-order valence-electron chi connectivity index (χ3n) is 2.25. The van der Waals surface area contributed by atoms with E-state index in [1.807, 2.05) is 4.90 Å². The summed E-state index contributed by atoms with van der Waals surface area (Å²) in [6.45, 7) is 6.54. The fourth-order valence-corrected chi connectivity index (χ4v) is 1.31. The second-order valence-corrected chi connectivity index (χ2v) is 3.02. The summed E-state index contributed by atoms with van der Waals surface area (Å²) >= 11 is 0. The van der Waals surface area contributed by atoms with Crippen LogP contribution in [0.25, 0.3) is 0 Å². The maximum Gasteiger partial charge on any atom is 0.236 e. The van der Waals surface area contributed by atoms with Crippen molar-refractivity contribution in [3.05, 3.63) is 0 Å². The van der Waals surface area contributed by atoms with Crippen LogP contribution >= 0.6 is 0 Å². The van der Waals surface area contributed by atoms with Crippen molar-refractivity contribution in [3.8, 4) is 0 Å². The summed E-state index contributed by atoms with van der Waals surface area (Å²) in [5, 5.41) is 3.05. The lowest BCUT2D eigenvalue weighted by Gasteiger charge is -2.32. The Hall–Kier alpha value is -0.570. The van der Waals surface area contributed by atoms with Gasteiger partial charge in [0, 0.05) is 19.1 Å². The number of nitrogens with one attached hydrogen (secondary N) is 1. The second-order valence-electron chi connectivity index (χ2n) is 3.02. The molecule has 0 bridgehead atoms. The number of nitrogens with zero attached hydrogens (tertiary/aromatic N) is 1. The molecule has 0 spiro atoms. The highest BCUT2D eigenvalue weighted by molar-refractivity contribution is 5.79. The Morgan fingerprint density at radius 2 is 2.45 bits per heavy atom. The minimum absolute atomic E-state index is 0.241. The Kier molecular flexibility index (Phi) is 2.88. The number of carbonyl (C=O) groups is 1. The fraction of sp³-hybridized carbons (Fsp3) is 0.875. The van der Waals surface area contributed by atoms with E-state index in [1.54, 1.807) is 0 Å². The van der Waals surface area contributed by atoms with Crippen LogP contribution in [-0.4, -0.2) is 36.5 Å². The van der Waals surface area contributed by atoms with E-state index in [9.17, 15) is 4.79 Å². The molecule has 11 heavy (non-hydrogen) atoms. The summed E-state index contributed by atoms with van der Waals surface area (Å²) < 4.78 is 0. The van der Waals surface area contributed by atoms with Crippen molar-refractivity contribution in [2.75, 3.05) is 19.6 Å². The molecule has 3 nitrogen and oxygen atoms in total. The third-order valence-corrected chi connectivity index (χ3v) is 2.25. The zero-order chi connectivity index (χ0) is 8.27. The van der Waals surface area contributed by atoms with E-state index in [0.717, 1.165) is 19.5 Å². The molecule has 0 aromatic heterocycles. The molecule has 1 rings (SSSR count). The summed E-state index contributed by atoms with van der Waals surface area (Å²) in [6.07, 6.45) is 1.05. The van der Waals surface area contributed by atoms with Gasteiger partial charge in [-0.15, -0.1) is 0 Å². The zero-order valence-electron chi connectivity index (χ0n) is 7.26. The molecule has 0 radical (unpaired) electrons. The molecule has 1 aliphatic heterocycles. The van der Waals surface area contributed by atoms with E-state index in [4.69, 9.17) is 0 Å². The van der Waals surface area contributed by atoms with Crippen LogP contribution in [0.4, 0.5) is 0 Å². The van der Waals surface area contributed by atoms with Gasteiger partial charge in [0.15, 0.2) is 0 Å². The summed E-state index contributed by atoms with van der Waals surface area (Å²) in [5.41, 5.74) is 0. The first-order valence-corrected chi connectivity index (χ1v) is 4.26. The minimum atomic E-state index is 0.241. The molecule has 64 valence electrons. The Balaban J connectivity index is 2.47. The van der Waals surface area contributed by atoms with Gasteiger partial charge in [-0.1, -0.05) is 6.92 Å². The highest BCUT2D eigenvalue weighted by Crippen LogP contribution is 2.04. The van der Waals surface area contributed by atoms with E-state index < -0.39 is 0 Å². The normalized spacial score (nSPS) is 22.0. The quantitative estimate of drug-likeness (QED) is 0.620. The number of hydrogen-bond donors (Lipinski definition) is 1. The lowest BCUT2D eigenvalue weighted by molar-refractivity contribution is -0.134. The molecule has 3 heteroatoms. The molecule has 1 fully saturated rings. The molecule has 1 saturated heterocycles. The molecular weight excluding hydrogens is 140 g/mol. The Morgan fingerprint density at radius 3 is 3.00 bits per heavy atom. The first kappa shape index (κ1) is 8.53. The number of piperazine rings is 1. The standard InChI is InChI=1S/C8H16N2O/c1-3-7(2)10-5-4-9-6-8(10)11/h7,9H,3-6H2,1-2H3/t7-/m1/s1. The molecular formula is C8H16N2O. The van der Waals surface area contributed by atoms with Gasteiger partial charge in [-0.3, -0.25) is 4.79 Å². The van der Waals surface area contributed by atoms with Gasteiger partial charge < -0.3 is 10.2 Å². The fourth-order valence-electron chi connectivity index (χ4n) is 1.31. The van der Waals surface area contributed by atoms with E-state index in [1.165, 1.54) is 0 Å². The van der Waals surface area contributed by atoms with Crippen molar-refractivity contribution in [2.24, 2.45) is 0 Å². The highest BCUT2D eigenvalue weighted by atomic mass is 16.2. The van der Waals surface area contributed by atoms with Crippen LogP contribution in [0.3, 0.4) is 0 Å². The SMILES string of the molecule is CC[C@@H](C)N1CCNCC1=O. The first-order chi connectivity index (χ1) is 5.25. The predicted molar refractivity (Wildman–Crippen MR) is 44.3 cm³/mol. The lowest BCUT2D eigenvalue weighted by atomic mass is 10.2. The Morgan fingerprint density at radius 1 is 1.73 bits per heavy atom. The summed E-state index contributed by atoms with van der Waals surface area (Å²) in [6, 6.07) is 0.407. The molecule has 1 heterocycles. The largest absolute Gasteiger partial charge is 0.338 e. The number of amides is 1. The van der Waals surface area contributed by atoms with Crippen molar-refractivity contribution < 1.29 is 4.79 Å². The van der Waals surface area contributed by atoms with E-state index in [2.05, 4.69) is 19.2 Å². The van der Waals surface area contributed by atoms with Gasteiger partial charge in [0.25, 0.3) is 0 Å². The molecule has 0 aromatic carbocycles. The maximum atomic E-state index is 11.3. The van der Waals surface area contributed by atoms with Crippen molar-refractivity contribution in [1.82, 2.24) is 10.2 Å². The van der Waals surface area contributed by atoms with Crippen molar-refractivity contribution in [2.45, 2.75) is 26.3 Å². The van der Waals surface area contributed by atoms with Crippen LogP contribution in [0.15, 0.2) is 0 Å². The van der Waals surface area contributed by atoms with Gasteiger partial charge in [0.05, 0.1) is 6.54 Å². The maximum absolute atomic E-state index is 11.3. The third kappa shape index (κ3) is 1.93. The average molecular weight is 156 g/mol. The van der Waals surface area contributed by atoms with Crippen LogP contribution in [0.2, 0.25) is 0 Å². The van der Waals surface area contributed by atoms with Crippen LogP contribution in [0, 0.1) is 0 Å². The molecule has 0 unspecified atom stereocenters. The summed E-state index contributed by atoms with van der Waals surface area (Å²) in [4.78, 5) is 13.2. The van der Waals surface area contributed by atoms with Gasteiger partial charge in [-0.2, -0.15) is 0 Å². The van der Waals surface area contributed by atoms with Gasteiger partial charge in [-0.05, 0) is 13.3 Å². The highest BCUT2D eigenvalue weighted by Gasteiger charge is 2.20. The monoisotopic (exact) mass is 156 g/mol.